The van der Waals surface area contributed by atoms with E-state index >= 15 is 0 Å². The molecule has 192 valence electrons. The molecule has 1 aliphatic heterocycles. The number of fused-ring (bicyclic) bond motifs is 1. The van der Waals surface area contributed by atoms with E-state index in [4.69, 9.17) is 26.8 Å². The normalized spacial score (nSPS) is 14.4. The molecule has 3 aromatic carbocycles. The van der Waals surface area contributed by atoms with Crippen molar-refractivity contribution in [3.8, 4) is 22.6 Å². The lowest BCUT2D eigenvalue weighted by Crippen LogP contribution is -2.29. The summed E-state index contributed by atoms with van der Waals surface area (Å²) in [5, 5.41) is 8.99. The molecular formula is C28H23N3O5S2. The molecule has 0 bridgehead atoms. The predicted molar refractivity (Wildman–Crippen MR) is 151 cm³/mol. The third-order valence-electron chi connectivity index (χ3n) is 6.02. The van der Waals surface area contributed by atoms with Crippen LogP contribution in [0, 0.1) is 0 Å². The SMILES string of the molecule is COc1ccc(/C=C2\SC(=S)N(CCCOc3ccc(C(=O)O)cc3)C2=O)cc1-c1ccc2nc[nH]c2c1. The van der Waals surface area contributed by atoms with Crippen LogP contribution in [0.15, 0.2) is 71.9 Å². The number of aromatic carboxylic acids is 1. The molecule has 0 atom stereocenters. The van der Waals surface area contributed by atoms with Gasteiger partial charge in [-0.15, -0.1) is 0 Å². The zero-order valence-corrected chi connectivity index (χ0v) is 22.0. The lowest BCUT2D eigenvalue weighted by molar-refractivity contribution is -0.122. The first-order valence-corrected chi connectivity index (χ1v) is 13.0. The molecule has 1 fully saturated rings. The summed E-state index contributed by atoms with van der Waals surface area (Å²) in [5.41, 5.74) is 4.75. The highest BCUT2D eigenvalue weighted by Gasteiger charge is 2.31. The van der Waals surface area contributed by atoms with E-state index in [1.807, 2.05) is 42.5 Å². The second-order valence-corrected chi connectivity index (χ2v) is 10.1. The van der Waals surface area contributed by atoms with Gasteiger partial charge in [-0.1, -0.05) is 36.1 Å². The van der Waals surface area contributed by atoms with Gasteiger partial charge in [0.1, 0.15) is 15.8 Å². The van der Waals surface area contributed by atoms with Crippen LogP contribution in [0.5, 0.6) is 11.5 Å². The van der Waals surface area contributed by atoms with Crippen molar-refractivity contribution in [2.24, 2.45) is 0 Å². The quantitative estimate of drug-likeness (QED) is 0.159. The minimum absolute atomic E-state index is 0.137. The van der Waals surface area contributed by atoms with Gasteiger partial charge in [0.25, 0.3) is 5.91 Å². The van der Waals surface area contributed by atoms with Crippen molar-refractivity contribution in [1.29, 1.82) is 0 Å². The number of rotatable bonds is 9. The molecule has 1 saturated heterocycles. The van der Waals surface area contributed by atoms with Crippen LogP contribution in [0.2, 0.25) is 0 Å². The summed E-state index contributed by atoms with van der Waals surface area (Å²) < 4.78 is 11.8. The predicted octanol–water partition coefficient (Wildman–Crippen LogP) is 5.61. The van der Waals surface area contributed by atoms with Gasteiger partial charge < -0.3 is 19.6 Å². The Morgan fingerprint density at radius 2 is 1.97 bits per heavy atom. The standard InChI is InChI=1S/C28H23N3O5S2/c1-35-24-10-3-17(13-21(24)19-6-9-22-23(15-19)30-16-29-22)14-25-26(32)31(28(37)38-25)11-2-12-36-20-7-4-18(5-8-20)27(33)34/h3-10,13-16H,2,11-12H2,1H3,(H,29,30)(H,33,34)/b25-14-. The Bertz CT molecular complexity index is 1560. The number of carboxylic acids is 1. The van der Waals surface area contributed by atoms with Crippen LogP contribution < -0.4 is 9.47 Å². The molecule has 0 aliphatic carbocycles. The molecule has 1 amide bonds. The molecule has 2 N–H and O–H groups in total. The Morgan fingerprint density at radius 1 is 1.16 bits per heavy atom. The number of nitrogens with one attached hydrogen (secondary N) is 1. The highest BCUT2D eigenvalue weighted by Crippen LogP contribution is 2.36. The second kappa shape index (κ2) is 11.1. The number of amides is 1. The first-order valence-electron chi connectivity index (χ1n) is 11.8. The number of methoxy groups -OCH3 is 1. The molecular weight excluding hydrogens is 522 g/mol. The Morgan fingerprint density at radius 3 is 2.74 bits per heavy atom. The van der Waals surface area contributed by atoms with Crippen LogP contribution >= 0.6 is 24.0 Å². The van der Waals surface area contributed by atoms with Crippen molar-refractivity contribution in [2.45, 2.75) is 6.42 Å². The van der Waals surface area contributed by atoms with Crippen LogP contribution in [-0.4, -0.2) is 56.4 Å². The summed E-state index contributed by atoms with van der Waals surface area (Å²) in [5.74, 6) is 0.177. The minimum atomic E-state index is -0.986. The van der Waals surface area contributed by atoms with E-state index in [1.54, 1.807) is 30.5 Å². The summed E-state index contributed by atoms with van der Waals surface area (Å²) in [6.07, 6.45) is 4.08. The number of thiocarbonyl (C=S) groups is 1. The lowest BCUT2D eigenvalue weighted by atomic mass is 10.0. The molecule has 5 rings (SSSR count). The second-order valence-electron chi connectivity index (χ2n) is 8.46. The Hall–Kier alpha value is -4.15. The fourth-order valence-electron chi connectivity index (χ4n) is 4.09. The number of carbonyl (C=O) groups is 2. The van der Waals surface area contributed by atoms with E-state index in [-0.39, 0.29) is 11.5 Å². The van der Waals surface area contributed by atoms with Gasteiger partial charge in [-0.2, -0.15) is 0 Å². The summed E-state index contributed by atoms with van der Waals surface area (Å²) in [7, 11) is 1.63. The average Bonchev–Trinajstić information content (AvgIpc) is 3.50. The lowest BCUT2D eigenvalue weighted by Gasteiger charge is -2.14. The van der Waals surface area contributed by atoms with Crippen LogP contribution in [0.4, 0.5) is 0 Å². The number of aromatic amines is 1. The number of carboxylic acid groups (broad SMARTS) is 1. The molecule has 0 saturated carbocycles. The Labute approximate surface area is 228 Å². The highest BCUT2D eigenvalue weighted by molar-refractivity contribution is 8.26. The number of hydrogen-bond donors (Lipinski definition) is 2. The first kappa shape index (κ1) is 25.5. The van der Waals surface area contributed by atoms with Crippen LogP contribution in [0.25, 0.3) is 28.2 Å². The van der Waals surface area contributed by atoms with Crippen molar-refractivity contribution in [3.63, 3.8) is 0 Å². The summed E-state index contributed by atoms with van der Waals surface area (Å²) in [6.45, 7) is 0.790. The summed E-state index contributed by atoms with van der Waals surface area (Å²) in [6, 6.07) is 18.0. The fourth-order valence-corrected chi connectivity index (χ4v) is 5.40. The van der Waals surface area contributed by atoms with Gasteiger partial charge in [-0.3, -0.25) is 9.69 Å². The third-order valence-corrected chi connectivity index (χ3v) is 7.40. The minimum Gasteiger partial charge on any atom is -0.496 e. The highest BCUT2D eigenvalue weighted by atomic mass is 32.2. The largest absolute Gasteiger partial charge is 0.496 e. The monoisotopic (exact) mass is 545 g/mol. The molecule has 0 radical (unpaired) electrons. The average molecular weight is 546 g/mol. The maximum Gasteiger partial charge on any atom is 0.335 e. The van der Waals surface area contributed by atoms with Gasteiger partial charge in [0.05, 0.1) is 41.5 Å². The van der Waals surface area contributed by atoms with Gasteiger partial charge >= 0.3 is 5.97 Å². The molecule has 2 heterocycles. The van der Waals surface area contributed by atoms with E-state index in [0.29, 0.717) is 34.5 Å². The van der Waals surface area contributed by atoms with Crippen molar-refractivity contribution in [2.75, 3.05) is 20.3 Å². The van der Waals surface area contributed by atoms with Crippen LogP contribution in [-0.2, 0) is 4.79 Å². The van der Waals surface area contributed by atoms with Gasteiger partial charge in [0, 0.05) is 12.1 Å². The van der Waals surface area contributed by atoms with Crippen molar-refractivity contribution in [3.05, 3.63) is 83.0 Å². The van der Waals surface area contributed by atoms with Crippen molar-refractivity contribution < 1.29 is 24.2 Å². The van der Waals surface area contributed by atoms with E-state index in [1.165, 1.54) is 23.9 Å². The number of hydrogen-bond acceptors (Lipinski definition) is 7. The molecule has 1 aromatic heterocycles. The van der Waals surface area contributed by atoms with E-state index in [0.717, 1.165) is 33.5 Å². The van der Waals surface area contributed by atoms with Crippen molar-refractivity contribution >= 4 is 57.3 Å². The van der Waals surface area contributed by atoms with Gasteiger partial charge in [-0.05, 0) is 72.2 Å². The first-order chi connectivity index (χ1) is 18.4. The number of H-pyrrole nitrogens is 1. The zero-order valence-electron chi connectivity index (χ0n) is 20.3. The molecule has 10 heteroatoms. The van der Waals surface area contributed by atoms with E-state index in [9.17, 15) is 9.59 Å². The summed E-state index contributed by atoms with van der Waals surface area (Å²) >= 11 is 6.75. The maximum absolute atomic E-state index is 13.1. The van der Waals surface area contributed by atoms with Crippen molar-refractivity contribution in [1.82, 2.24) is 14.9 Å². The number of aromatic nitrogens is 2. The summed E-state index contributed by atoms with van der Waals surface area (Å²) in [4.78, 5) is 33.6. The van der Waals surface area contributed by atoms with E-state index < -0.39 is 5.97 Å². The molecule has 0 spiro atoms. The molecule has 8 nitrogen and oxygen atoms in total. The molecule has 0 unspecified atom stereocenters. The zero-order chi connectivity index (χ0) is 26.6. The topological polar surface area (TPSA) is 105 Å². The number of carbonyl (C=O) groups excluding carboxylic acids is 1. The fraction of sp³-hybridized carbons (Fsp3) is 0.143. The van der Waals surface area contributed by atoms with Gasteiger partial charge in [0.15, 0.2) is 0 Å². The number of ether oxygens (including phenoxy) is 2. The van der Waals surface area contributed by atoms with E-state index in [2.05, 4.69) is 9.97 Å². The molecule has 4 aromatic rings. The number of benzene rings is 3. The van der Waals surface area contributed by atoms with Crippen LogP contribution in [0.3, 0.4) is 0 Å². The smallest absolute Gasteiger partial charge is 0.335 e. The Balaban J connectivity index is 1.26. The third kappa shape index (κ3) is 5.41. The number of imidazole rings is 1. The Kier molecular flexibility index (Phi) is 7.43. The van der Waals surface area contributed by atoms with Crippen LogP contribution in [0.1, 0.15) is 22.3 Å². The van der Waals surface area contributed by atoms with Gasteiger partial charge in [0.2, 0.25) is 0 Å². The molecule has 1 aliphatic rings. The number of thioether (sulfide) groups is 1. The molecule has 38 heavy (non-hydrogen) atoms. The number of nitrogens with zero attached hydrogens (tertiary/aromatic N) is 2. The van der Waals surface area contributed by atoms with Gasteiger partial charge in [-0.25, -0.2) is 9.78 Å². The maximum atomic E-state index is 13.1.